The van der Waals surface area contributed by atoms with Gasteiger partial charge in [-0.25, -0.2) is 9.97 Å². The molecule has 1 aromatic heterocycles. The molecular formula is C11H17N3O. The number of nitrogens with zero attached hydrogens (tertiary/aromatic N) is 2. The molecule has 1 aliphatic rings. The minimum Gasteiger partial charge on any atom is -0.367 e. The van der Waals surface area contributed by atoms with Crippen molar-refractivity contribution in [1.82, 2.24) is 9.97 Å². The van der Waals surface area contributed by atoms with Crippen LogP contribution in [0.4, 0.5) is 0 Å². The Kier molecular flexibility index (Phi) is 2.98. The fraction of sp³-hybridized carbons (Fsp3) is 0.636. The number of rotatable bonds is 2. The molecule has 1 unspecified atom stereocenters. The predicted molar refractivity (Wildman–Crippen MR) is 57.1 cm³/mol. The lowest BCUT2D eigenvalue weighted by Gasteiger charge is -2.32. The van der Waals surface area contributed by atoms with Crippen molar-refractivity contribution in [2.24, 2.45) is 5.73 Å². The van der Waals surface area contributed by atoms with Crippen molar-refractivity contribution in [2.75, 3.05) is 6.61 Å². The Labute approximate surface area is 89.9 Å². The zero-order valence-electron chi connectivity index (χ0n) is 9.07. The van der Waals surface area contributed by atoms with Crippen LogP contribution < -0.4 is 5.73 Å². The van der Waals surface area contributed by atoms with Gasteiger partial charge >= 0.3 is 0 Å². The van der Waals surface area contributed by atoms with Crippen LogP contribution in [0.25, 0.3) is 0 Å². The number of nitrogens with two attached hydrogens (primary N) is 1. The number of aromatic nitrogens is 2. The average molecular weight is 207 g/mol. The molecule has 0 amide bonds. The van der Waals surface area contributed by atoms with Crippen LogP contribution in [0.3, 0.4) is 0 Å². The van der Waals surface area contributed by atoms with Gasteiger partial charge < -0.3 is 10.5 Å². The van der Waals surface area contributed by atoms with Gasteiger partial charge in [-0.15, -0.1) is 0 Å². The first-order valence-corrected chi connectivity index (χ1v) is 5.40. The van der Waals surface area contributed by atoms with Gasteiger partial charge in [-0.1, -0.05) is 0 Å². The number of hydrogen-bond acceptors (Lipinski definition) is 4. The summed E-state index contributed by atoms with van der Waals surface area (Å²) in [6.07, 6.45) is 6.88. The van der Waals surface area contributed by atoms with Gasteiger partial charge in [0.2, 0.25) is 0 Å². The second-order valence-corrected chi connectivity index (χ2v) is 4.16. The Morgan fingerprint density at radius 2 is 2.13 bits per heavy atom. The van der Waals surface area contributed by atoms with Crippen LogP contribution in [0.15, 0.2) is 12.4 Å². The molecule has 0 aliphatic carbocycles. The van der Waals surface area contributed by atoms with E-state index in [9.17, 15) is 0 Å². The SMILES string of the molecule is CC1(c2ncc(CN)cn2)CCCCO1. The quantitative estimate of drug-likeness (QED) is 0.795. The molecule has 1 fully saturated rings. The predicted octanol–water partition coefficient (Wildman–Crippen LogP) is 1.35. The molecule has 1 atom stereocenters. The molecule has 0 spiro atoms. The van der Waals surface area contributed by atoms with E-state index in [1.807, 2.05) is 0 Å². The van der Waals surface area contributed by atoms with Crippen LogP contribution in [0.2, 0.25) is 0 Å². The van der Waals surface area contributed by atoms with Crippen LogP contribution in [-0.2, 0) is 16.9 Å². The second kappa shape index (κ2) is 4.24. The van der Waals surface area contributed by atoms with Crippen molar-refractivity contribution in [1.29, 1.82) is 0 Å². The molecule has 2 N–H and O–H groups in total. The minimum atomic E-state index is -0.300. The maximum Gasteiger partial charge on any atom is 0.159 e. The van der Waals surface area contributed by atoms with E-state index in [4.69, 9.17) is 10.5 Å². The molecule has 15 heavy (non-hydrogen) atoms. The van der Waals surface area contributed by atoms with Crippen LogP contribution in [-0.4, -0.2) is 16.6 Å². The van der Waals surface area contributed by atoms with E-state index in [1.165, 1.54) is 6.42 Å². The lowest BCUT2D eigenvalue weighted by molar-refractivity contribution is -0.0760. The monoisotopic (exact) mass is 207 g/mol. The van der Waals surface area contributed by atoms with Crippen molar-refractivity contribution in [3.8, 4) is 0 Å². The van der Waals surface area contributed by atoms with Crippen molar-refractivity contribution >= 4 is 0 Å². The molecule has 82 valence electrons. The molecule has 1 saturated heterocycles. The van der Waals surface area contributed by atoms with E-state index in [0.29, 0.717) is 6.54 Å². The summed E-state index contributed by atoms with van der Waals surface area (Å²) in [6, 6.07) is 0. The minimum absolute atomic E-state index is 0.300. The van der Waals surface area contributed by atoms with Crippen molar-refractivity contribution in [2.45, 2.75) is 38.3 Å². The molecule has 2 rings (SSSR count). The summed E-state index contributed by atoms with van der Waals surface area (Å²) in [5, 5.41) is 0. The fourth-order valence-electron chi connectivity index (χ4n) is 1.84. The van der Waals surface area contributed by atoms with Crippen LogP contribution >= 0.6 is 0 Å². The van der Waals surface area contributed by atoms with Gasteiger partial charge in [-0.05, 0) is 26.2 Å². The highest BCUT2D eigenvalue weighted by molar-refractivity contribution is 5.09. The maximum atomic E-state index is 5.77. The van der Waals surface area contributed by atoms with E-state index >= 15 is 0 Å². The van der Waals surface area contributed by atoms with Gasteiger partial charge in [0.25, 0.3) is 0 Å². The fourth-order valence-corrected chi connectivity index (χ4v) is 1.84. The molecule has 4 nitrogen and oxygen atoms in total. The molecular weight excluding hydrogens is 190 g/mol. The molecule has 0 bridgehead atoms. The van der Waals surface area contributed by atoms with Gasteiger partial charge in [0.05, 0.1) is 0 Å². The van der Waals surface area contributed by atoms with E-state index in [0.717, 1.165) is 30.8 Å². The standard InChI is InChI=1S/C11H17N3O/c1-11(4-2-3-5-15-11)10-13-7-9(6-12)8-14-10/h7-8H,2-6,12H2,1H3. The van der Waals surface area contributed by atoms with Crippen LogP contribution in [0.1, 0.15) is 37.6 Å². The topological polar surface area (TPSA) is 61.0 Å². The smallest absolute Gasteiger partial charge is 0.159 e. The van der Waals surface area contributed by atoms with Gasteiger partial charge in [-0.3, -0.25) is 0 Å². The molecule has 1 aliphatic heterocycles. The number of hydrogen-bond donors (Lipinski definition) is 1. The number of ether oxygens (including phenoxy) is 1. The third kappa shape index (κ3) is 2.16. The normalized spacial score (nSPS) is 26.5. The molecule has 4 heteroatoms. The summed E-state index contributed by atoms with van der Waals surface area (Å²) in [5.41, 5.74) is 6.16. The molecule has 0 radical (unpaired) electrons. The summed E-state index contributed by atoms with van der Waals surface area (Å²) in [7, 11) is 0. The van der Waals surface area contributed by atoms with Gasteiger partial charge in [0.15, 0.2) is 5.82 Å². The van der Waals surface area contributed by atoms with Crippen molar-refractivity contribution in [3.63, 3.8) is 0 Å². The Morgan fingerprint density at radius 1 is 1.40 bits per heavy atom. The van der Waals surface area contributed by atoms with Crippen molar-refractivity contribution in [3.05, 3.63) is 23.8 Å². The highest BCUT2D eigenvalue weighted by atomic mass is 16.5. The first kappa shape index (κ1) is 10.5. The summed E-state index contributed by atoms with van der Waals surface area (Å²) < 4.78 is 5.77. The van der Waals surface area contributed by atoms with Crippen LogP contribution in [0.5, 0.6) is 0 Å². The Bertz CT molecular complexity index is 317. The Hall–Kier alpha value is -1.00. The maximum absolute atomic E-state index is 5.77. The lowest BCUT2D eigenvalue weighted by atomic mass is 9.95. The van der Waals surface area contributed by atoms with Gasteiger partial charge in [-0.2, -0.15) is 0 Å². The van der Waals surface area contributed by atoms with E-state index in [2.05, 4.69) is 16.9 Å². The summed E-state index contributed by atoms with van der Waals surface area (Å²) in [6.45, 7) is 3.35. The second-order valence-electron chi connectivity index (χ2n) is 4.16. The van der Waals surface area contributed by atoms with Gasteiger partial charge in [0, 0.05) is 31.1 Å². The van der Waals surface area contributed by atoms with E-state index < -0.39 is 0 Å². The molecule has 1 aromatic rings. The average Bonchev–Trinajstić information content (AvgIpc) is 2.30. The largest absolute Gasteiger partial charge is 0.367 e. The first-order chi connectivity index (χ1) is 7.24. The highest BCUT2D eigenvalue weighted by Gasteiger charge is 2.32. The summed E-state index contributed by atoms with van der Waals surface area (Å²) >= 11 is 0. The van der Waals surface area contributed by atoms with Crippen molar-refractivity contribution < 1.29 is 4.74 Å². The summed E-state index contributed by atoms with van der Waals surface area (Å²) in [4.78, 5) is 8.66. The first-order valence-electron chi connectivity index (χ1n) is 5.40. The molecule has 2 heterocycles. The third-order valence-electron chi connectivity index (χ3n) is 2.88. The zero-order chi connectivity index (χ0) is 10.7. The van der Waals surface area contributed by atoms with Crippen LogP contribution in [0, 0.1) is 0 Å². The third-order valence-corrected chi connectivity index (χ3v) is 2.88. The van der Waals surface area contributed by atoms with Gasteiger partial charge in [0.1, 0.15) is 5.60 Å². The highest BCUT2D eigenvalue weighted by Crippen LogP contribution is 2.31. The molecule has 0 saturated carbocycles. The van der Waals surface area contributed by atoms with E-state index in [1.54, 1.807) is 12.4 Å². The molecule has 0 aromatic carbocycles. The Morgan fingerprint density at radius 3 is 2.67 bits per heavy atom. The lowest BCUT2D eigenvalue weighted by Crippen LogP contribution is -2.32. The zero-order valence-corrected chi connectivity index (χ0v) is 9.07. The van der Waals surface area contributed by atoms with E-state index in [-0.39, 0.29) is 5.60 Å². The summed E-state index contributed by atoms with van der Waals surface area (Å²) in [5.74, 6) is 0.777. The Balaban J connectivity index is 2.20.